The molecule has 0 spiro atoms. The predicted molar refractivity (Wildman–Crippen MR) is 49.9 cm³/mol. The number of nitrogens with zero attached hydrogens (tertiary/aromatic N) is 3. The SMILES string of the molecule is COc1nc(C)nc2[nH]cc(C#N)c12. The van der Waals surface area contributed by atoms with E-state index in [9.17, 15) is 0 Å². The third-order valence-corrected chi connectivity index (χ3v) is 1.92. The Hall–Kier alpha value is -2.09. The number of rotatable bonds is 1. The van der Waals surface area contributed by atoms with Gasteiger partial charge in [0, 0.05) is 6.20 Å². The predicted octanol–water partition coefficient (Wildman–Crippen LogP) is 1.15. The third kappa shape index (κ3) is 1.09. The van der Waals surface area contributed by atoms with E-state index in [1.54, 1.807) is 13.1 Å². The second-order valence-electron chi connectivity index (χ2n) is 2.82. The van der Waals surface area contributed by atoms with Crippen LogP contribution < -0.4 is 4.74 Å². The number of hydrogen-bond acceptors (Lipinski definition) is 4. The fourth-order valence-corrected chi connectivity index (χ4v) is 1.34. The van der Waals surface area contributed by atoms with Gasteiger partial charge in [0.25, 0.3) is 0 Å². The summed E-state index contributed by atoms with van der Waals surface area (Å²) in [6.07, 6.45) is 1.60. The van der Waals surface area contributed by atoms with Crippen molar-refractivity contribution in [2.75, 3.05) is 7.11 Å². The summed E-state index contributed by atoms with van der Waals surface area (Å²) in [5.41, 5.74) is 1.13. The van der Waals surface area contributed by atoms with Crippen LogP contribution in [0, 0.1) is 18.3 Å². The molecular formula is C9H8N4O. The van der Waals surface area contributed by atoms with Crippen LogP contribution in [-0.2, 0) is 0 Å². The molecule has 0 amide bonds. The van der Waals surface area contributed by atoms with Crippen molar-refractivity contribution >= 4 is 11.0 Å². The Balaban J connectivity index is 2.87. The number of aromatic amines is 1. The molecule has 0 aliphatic carbocycles. The van der Waals surface area contributed by atoms with Gasteiger partial charge < -0.3 is 9.72 Å². The second-order valence-corrected chi connectivity index (χ2v) is 2.82. The Kier molecular flexibility index (Phi) is 1.82. The molecule has 2 aromatic rings. The zero-order chi connectivity index (χ0) is 10.1. The quantitative estimate of drug-likeness (QED) is 0.728. The molecule has 0 saturated carbocycles. The molecular weight excluding hydrogens is 180 g/mol. The Labute approximate surface area is 80.4 Å². The van der Waals surface area contributed by atoms with E-state index >= 15 is 0 Å². The van der Waals surface area contributed by atoms with Gasteiger partial charge in [0.05, 0.1) is 18.1 Å². The van der Waals surface area contributed by atoms with Crippen LogP contribution in [0.25, 0.3) is 11.0 Å². The molecule has 0 aliphatic rings. The van der Waals surface area contributed by atoms with Gasteiger partial charge in [-0.1, -0.05) is 0 Å². The lowest BCUT2D eigenvalue weighted by molar-refractivity contribution is 0.401. The number of aryl methyl sites for hydroxylation is 1. The van der Waals surface area contributed by atoms with Crippen LogP contribution in [0.1, 0.15) is 11.4 Å². The van der Waals surface area contributed by atoms with Crippen molar-refractivity contribution in [2.24, 2.45) is 0 Å². The molecule has 5 nitrogen and oxygen atoms in total. The fraction of sp³-hybridized carbons (Fsp3) is 0.222. The van der Waals surface area contributed by atoms with Crippen LogP contribution >= 0.6 is 0 Å². The van der Waals surface area contributed by atoms with E-state index in [1.165, 1.54) is 7.11 Å². The zero-order valence-corrected chi connectivity index (χ0v) is 7.83. The molecule has 0 unspecified atom stereocenters. The molecule has 2 heterocycles. The van der Waals surface area contributed by atoms with Gasteiger partial charge in [-0.15, -0.1) is 0 Å². The van der Waals surface area contributed by atoms with E-state index in [-0.39, 0.29) is 0 Å². The highest BCUT2D eigenvalue weighted by atomic mass is 16.5. The van der Waals surface area contributed by atoms with Crippen molar-refractivity contribution in [1.82, 2.24) is 15.0 Å². The van der Waals surface area contributed by atoms with Crippen LogP contribution in [0.5, 0.6) is 5.88 Å². The number of ether oxygens (including phenoxy) is 1. The van der Waals surface area contributed by atoms with Crippen molar-refractivity contribution in [3.05, 3.63) is 17.6 Å². The Morgan fingerprint density at radius 3 is 2.93 bits per heavy atom. The standard InChI is InChI=1S/C9H8N4O/c1-5-12-8-7(9(13-5)14-2)6(3-10)4-11-8/h4H,1-2H3,(H,11,12,13). The molecule has 0 bridgehead atoms. The van der Waals surface area contributed by atoms with Crippen LogP contribution in [0.3, 0.4) is 0 Å². The largest absolute Gasteiger partial charge is 0.480 e. The summed E-state index contributed by atoms with van der Waals surface area (Å²) in [5, 5.41) is 9.47. The lowest BCUT2D eigenvalue weighted by Gasteiger charge is -2.01. The minimum Gasteiger partial charge on any atom is -0.480 e. The van der Waals surface area contributed by atoms with Gasteiger partial charge >= 0.3 is 0 Å². The summed E-state index contributed by atoms with van der Waals surface area (Å²) < 4.78 is 5.09. The third-order valence-electron chi connectivity index (χ3n) is 1.92. The topological polar surface area (TPSA) is 74.6 Å². The molecule has 0 fully saturated rings. The first-order valence-corrected chi connectivity index (χ1v) is 4.06. The van der Waals surface area contributed by atoms with E-state index in [0.29, 0.717) is 28.3 Å². The van der Waals surface area contributed by atoms with Gasteiger partial charge in [0.2, 0.25) is 5.88 Å². The molecule has 0 aliphatic heterocycles. The molecule has 0 aromatic carbocycles. The first-order valence-electron chi connectivity index (χ1n) is 4.06. The summed E-state index contributed by atoms with van der Waals surface area (Å²) in [6.45, 7) is 1.77. The van der Waals surface area contributed by atoms with Gasteiger partial charge in [-0.3, -0.25) is 0 Å². The van der Waals surface area contributed by atoms with E-state index in [2.05, 4.69) is 21.0 Å². The highest BCUT2D eigenvalue weighted by Gasteiger charge is 2.12. The molecule has 70 valence electrons. The first kappa shape index (κ1) is 8.51. The maximum Gasteiger partial charge on any atom is 0.227 e. The number of nitriles is 1. The number of H-pyrrole nitrogens is 1. The normalized spacial score (nSPS) is 10.1. The van der Waals surface area contributed by atoms with Gasteiger partial charge in [0.1, 0.15) is 17.5 Å². The van der Waals surface area contributed by atoms with Crippen LogP contribution in [0.15, 0.2) is 6.20 Å². The van der Waals surface area contributed by atoms with Gasteiger partial charge in [-0.2, -0.15) is 10.2 Å². The average molecular weight is 188 g/mol. The van der Waals surface area contributed by atoms with Crippen molar-refractivity contribution in [3.8, 4) is 11.9 Å². The Morgan fingerprint density at radius 2 is 2.29 bits per heavy atom. The van der Waals surface area contributed by atoms with Crippen LogP contribution in [0.4, 0.5) is 0 Å². The lowest BCUT2D eigenvalue weighted by atomic mass is 10.2. The molecule has 2 aromatic heterocycles. The minimum absolute atomic E-state index is 0.435. The maximum atomic E-state index is 8.83. The van der Waals surface area contributed by atoms with Crippen molar-refractivity contribution < 1.29 is 4.74 Å². The molecule has 0 atom stereocenters. The van der Waals surface area contributed by atoms with Gasteiger partial charge in [-0.05, 0) is 6.92 Å². The summed E-state index contributed by atoms with van der Waals surface area (Å²) >= 11 is 0. The molecule has 0 radical (unpaired) electrons. The number of methoxy groups -OCH3 is 1. The second kappa shape index (κ2) is 3.00. The summed E-state index contributed by atoms with van der Waals surface area (Å²) in [4.78, 5) is 11.2. The number of aromatic nitrogens is 3. The van der Waals surface area contributed by atoms with E-state index in [1.807, 2.05) is 0 Å². The monoisotopic (exact) mass is 188 g/mol. The number of nitrogens with one attached hydrogen (secondary N) is 1. The average Bonchev–Trinajstić information content (AvgIpc) is 2.59. The smallest absolute Gasteiger partial charge is 0.227 e. The van der Waals surface area contributed by atoms with Crippen LogP contribution in [-0.4, -0.2) is 22.1 Å². The van der Waals surface area contributed by atoms with E-state index in [0.717, 1.165) is 0 Å². The molecule has 14 heavy (non-hydrogen) atoms. The molecule has 0 saturated heterocycles. The Bertz CT molecular complexity index is 523. The molecule has 2 rings (SSSR count). The van der Waals surface area contributed by atoms with Crippen molar-refractivity contribution in [1.29, 1.82) is 5.26 Å². The first-order chi connectivity index (χ1) is 6.76. The van der Waals surface area contributed by atoms with E-state index in [4.69, 9.17) is 10.00 Å². The number of hydrogen-bond donors (Lipinski definition) is 1. The summed E-state index contributed by atoms with van der Waals surface area (Å²) in [6, 6.07) is 2.05. The minimum atomic E-state index is 0.435. The zero-order valence-electron chi connectivity index (χ0n) is 7.83. The van der Waals surface area contributed by atoms with Crippen LogP contribution in [0.2, 0.25) is 0 Å². The summed E-state index contributed by atoms with van der Waals surface area (Å²) in [5.74, 6) is 1.05. The lowest BCUT2D eigenvalue weighted by Crippen LogP contribution is -1.94. The Morgan fingerprint density at radius 1 is 1.50 bits per heavy atom. The fourth-order valence-electron chi connectivity index (χ4n) is 1.34. The summed E-state index contributed by atoms with van der Waals surface area (Å²) in [7, 11) is 1.52. The molecule has 5 heteroatoms. The highest BCUT2D eigenvalue weighted by Crippen LogP contribution is 2.24. The van der Waals surface area contributed by atoms with Crippen molar-refractivity contribution in [2.45, 2.75) is 6.92 Å². The number of fused-ring (bicyclic) bond motifs is 1. The molecule has 1 N–H and O–H groups in total. The van der Waals surface area contributed by atoms with Crippen molar-refractivity contribution in [3.63, 3.8) is 0 Å². The van der Waals surface area contributed by atoms with Gasteiger partial charge in [0.15, 0.2) is 0 Å². The maximum absolute atomic E-state index is 8.83. The van der Waals surface area contributed by atoms with E-state index < -0.39 is 0 Å². The highest BCUT2D eigenvalue weighted by molar-refractivity contribution is 5.87. The van der Waals surface area contributed by atoms with Gasteiger partial charge in [-0.25, -0.2) is 4.98 Å².